The molecule has 0 bridgehead atoms. The molecular weight excluding hydrogens is 250 g/mol. The number of rotatable bonds is 2. The van der Waals surface area contributed by atoms with E-state index in [0.29, 0.717) is 31.8 Å². The molecular formula is C12H17N3O4. The molecule has 0 spiro atoms. The third kappa shape index (κ3) is 2.40. The van der Waals surface area contributed by atoms with Gasteiger partial charge in [0.2, 0.25) is 0 Å². The van der Waals surface area contributed by atoms with Crippen LogP contribution in [0.5, 0.6) is 0 Å². The molecule has 0 N–H and O–H groups in total. The lowest BCUT2D eigenvalue weighted by Gasteiger charge is -2.25. The molecule has 1 aromatic heterocycles. The van der Waals surface area contributed by atoms with Crippen molar-refractivity contribution in [3.05, 3.63) is 17.0 Å². The Morgan fingerprint density at radius 2 is 2.16 bits per heavy atom. The van der Waals surface area contributed by atoms with E-state index in [-0.39, 0.29) is 0 Å². The van der Waals surface area contributed by atoms with Crippen molar-refractivity contribution < 1.29 is 19.1 Å². The zero-order valence-corrected chi connectivity index (χ0v) is 11.3. The van der Waals surface area contributed by atoms with Crippen molar-refractivity contribution >= 4 is 12.1 Å². The van der Waals surface area contributed by atoms with E-state index >= 15 is 0 Å². The van der Waals surface area contributed by atoms with E-state index in [1.807, 2.05) is 0 Å². The highest BCUT2D eigenvalue weighted by Crippen LogP contribution is 2.23. The molecule has 0 atom stereocenters. The number of carbonyl (C=O) groups excluding carboxylic acids is 2. The van der Waals surface area contributed by atoms with Crippen molar-refractivity contribution in [3.63, 3.8) is 0 Å². The van der Waals surface area contributed by atoms with Crippen LogP contribution in [0.2, 0.25) is 0 Å². The first-order valence-corrected chi connectivity index (χ1v) is 6.13. The Morgan fingerprint density at radius 1 is 1.42 bits per heavy atom. The van der Waals surface area contributed by atoms with Crippen molar-refractivity contribution in [2.75, 3.05) is 20.3 Å². The summed E-state index contributed by atoms with van der Waals surface area (Å²) in [6, 6.07) is 0. The molecule has 7 nitrogen and oxygen atoms in total. The van der Waals surface area contributed by atoms with E-state index in [4.69, 9.17) is 9.47 Å². The predicted octanol–water partition coefficient (Wildman–Crippen LogP) is 0.721. The number of hydrogen-bond acceptors (Lipinski definition) is 5. The van der Waals surface area contributed by atoms with Crippen LogP contribution in [0.15, 0.2) is 0 Å². The summed E-state index contributed by atoms with van der Waals surface area (Å²) >= 11 is 0. The molecule has 0 radical (unpaired) electrons. The second kappa shape index (κ2) is 5.29. The van der Waals surface area contributed by atoms with Crippen LogP contribution in [0.1, 0.15) is 28.7 Å². The normalized spacial score (nSPS) is 13.9. The van der Waals surface area contributed by atoms with Gasteiger partial charge in [0.25, 0.3) is 0 Å². The van der Waals surface area contributed by atoms with E-state index in [1.165, 1.54) is 11.8 Å². The molecule has 2 rings (SSSR count). The SMILES string of the molecule is CCOC(=O)c1c2c(nn1C)CCN(C(=O)OC)C2. The van der Waals surface area contributed by atoms with Gasteiger partial charge in [0.1, 0.15) is 0 Å². The number of amides is 1. The summed E-state index contributed by atoms with van der Waals surface area (Å²) in [5.74, 6) is -0.412. The van der Waals surface area contributed by atoms with E-state index in [0.717, 1.165) is 11.3 Å². The van der Waals surface area contributed by atoms with Crippen molar-refractivity contribution in [1.29, 1.82) is 0 Å². The average molecular weight is 267 g/mol. The number of aryl methyl sites for hydroxylation is 1. The highest BCUT2D eigenvalue weighted by molar-refractivity contribution is 5.89. The molecule has 0 aromatic carbocycles. The Hall–Kier alpha value is -2.05. The monoisotopic (exact) mass is 267 g/mol. The van der Waals surface area contributed by atoms with Crippen LogP contribution in [0.4, 0.5) is 4.79 Å². The third-order valence-electron chi connectivity index (χ3n) is 3.10. The van der Waals surface area contributed by atoms with Gasteiger partial charge in [0, 0.05) is 25.6 Å². The minimum absolute atomic E-state index is 0.305. The largest absolute Gasteiger partial charge is 0.461 e. The number of nitrogens with zero attached hydrogens (tertiary/aromatic N) is 3. The number of hydrogen-bond donors (Lipinski definition) is 0. The highest BCUT2D eigenvalue weighted by atomic mass is 16.5. The van der Waals surface area contributed by atoms with Crippen molar-refractivity contribution in [2.24, 2.45) is 7.05 Å². The predicted molar refractivity (Wildman–Crippen MR) is 65.7 cm³/mol. The second-order valence-corrected chi connectivity index (χ2v) is 4.26. The molecule has 1 aromatic rings. The summed E-state index contributed by atoms with van der Waals surface area (Å²) in [4.78, 5) is 25.0. The van der Waals surface area contributed by atoms with Gasteiger partial charge in [-0.3, -0.25) is 4.68 Å². The maximum atomic E-state index is 11.9. The fourth-order valence-electron chi connectivity index (χ4n) is 2.24. The van der Waals surface area contributed by atoms with E-state index < -0.39 is 12.1 Å². The first-order chi connectivity index (χ1) is 9.08. The molecule has 2 heterocycles. The maximum Gasteiger partial charge on any atom is 0.409 e. The van der Waals surface area contributed by atoms with Crippen molar-refractivity contribution in [3.8, 4) is 0 Å². The van der Waals surface area contributed by atoms with Gasteiger partial charge in [-0.05, 0) is 6.92 Å². The van der Waals surface area contributed by atoms with Gasteiger partial charge >= 0.3 is 12.1 Å². The average Bonchev–Trinajstić information content (AvgIpc) is 2.72. The Bertz CT molecular complexity index is 509. The fraction of sp³-hybridized carbons (Fsp3) is 0.583. The van der Waals surface area contributed by atoms with Gasteiger partial charge in [-0.2, -0.15) is 5.10 Å². The molecule has 19 heavy (non-hydrogen) atoms. The van der Waals surface area contributed by atoms with Crippen LogP contribution in [-0.2, 0) is 29.5 Å². The quantitative estimate of drug-likeness (QED) is 0.738. The summed E-state index contributed by atoms with van der Waals surface area (Å²) in [6.07, 6.45) is 0.210. The summed E-state index contributed by atoms with van der Waals surface area (Å²) in [6.45, 7) is 2.92. The zero-order valence-electron chi connectivity index (χ0n) is 11.3. The first kappa shape index (κ1) is 13.4. The van der Waals surface area contributed by atoms with E-state index in [1.54, 1.807) is 18.9 Å². The third-order valence-corrected chi connectivity index (χ3v) is 3.10. The number of methoxy groups -OCH3 is 1. The van der Waals surface area contributed by atoms with Crippen LogP contribution >= 0.6 is 0 Å². The molecule has 0 unspecified atom stereocenters. The number of aromatic nitrogens is 2. The zero-order chi connectivity index (χ0) is 14.0. The van der Waals surface area contributed by atoms with Crippen molar-refractivity contribution in [2.45, 2.75) is 19.9 Å². The molecule has 7 heteroatoms. The lowest BCUT2D eigenvalue weighted by Crippen LogP contribution is -2.36. The van der Waals surface area contributed by atoms with Gasteiger partial charge in [-0.1, -0.05) is 0 Å². The van der Waals surface area contributed by atoms with Crippen molar-refractivity contribution in [1.82, 2.24) is 14.7 Å². The summed E-state index contributed by atoms with van der Waals surface area (Å²) < 4.78 is 11.2. The molecule has 0 saturated carbocycles. The molecule has 0 aliphatic carbocycles. The van der Waals surface area contributed by atoms with Gasteiger partial charge < -0.3 is 14.4 Å². The fourth-order valence-corrected chi connectivity index (χ4v) is 2.24. The van der Waals surface area contributed by atoms with Crippen LogP contribution in [-0.4, -0.2) is 47.0 Å². The number of esters is 1. The minimum atomic E-state index is -0.412. The minimum Gasteiger partial charge on any atom is -0.461 e. The van der Waals surface area contributed by atoms with Gasteiger partial charge in [-0.25, -0.2) is 9.59 Å². The molecule has 1 aliphatic rings. The molecule has 0 fully saturated rings. The summed E-state index contributed by atoms with van der Waals surface area (Å²) in [5, 5.41) is 4.31. The Morgan fingerprint density at radius 3 is 2.79 bits per heavy atom. The molecule has 1 amide bonds. The van der Waals surface area contributed by atoms with Crippen LogP contribution in [0.3, 0.4) is 0 Å². The lowest BCUT2D eigenvalue weighted by atomic mass is 10.1. The summed E-state index contributed by atoms with van der Waals surface area (Å²) in [5.41, 5.74) is 1.99. The Labute approximate surface area is 111 Å². The molecule has 0 saturated heterocycles. The highest BCUT2D eigenvalue weighted by Gasteiger charge is 2.30. The smallest absolute Gasteiger partial charge is 0.409 e. The van der Waals surface area contributed by atoms with Gasteiger partial charge in [0.05, 0.1) is 26.0 Å². The number of fused-ring (bicyclic) bond motifs is 1. The van der Waals surface area contributed by atoms with Crippen LogP contribution < -0.4 is 0 Å². The first-order valence-electron chi connectivity index (χ1n) is 6.13. The molecule has 1 aliphatic heterocycles. The maximum absolute atomic E-state index is 11.9. The standard InChI is InChI=1S/C12H17N3O4/c1-4-19-11(16)10-8-7-15(12(17)18-3)6-5-9(8)13-14(10)2/h4-7H2,1-3H3. The Kier molecular flexibility index (Phi) is 3.73. The molecule has 104 valence electrons. The van der Waals surface area contributed by atoms with E-state index in [9.17, 15) is 9.59 Å². The number of carbonyl (C=O) groups is 2. The van der Waals surface area contributed by atoms with Gasteiger partial charge in [0.15, 0.2) is 5.69 Å². The van der Waals surface area contributed by atoms with Crippen LogP contribution in [0, 0.1) is 0 Å². The second-order valence-electron chi connectivity index (χ2n) is 4.26. The topological polar surface area (TPSA) is 73.7 Å². The lowest BCUT2D eigenvalue weighted by molar-refractivity contribution is 0.0509. The number of ether oxygens (including phenoxy) is 2. The van der Waals surface area contributed by atoms with Gasteiger partial charge in [-0.15, -0.1) is 0 Å². The summed E-state index contributed by atoms with van der Waals surface area (Å²) in [7, 11) is 3.04. The Balaban J connectivity index is 2.31. The van der Waals surface area contributed by atoms with Crippen LogP contribution in [0.25, 0.3) is 0 Å². The van der Waals surface area contributed by atoms with E-state index in [2.05, 4.69) is 5.10 Å².